The Kier molecular flexibility index (Phi) is 3.84. The molecular formula is C16H19NO4. The van der Waals surface area contributed by atoms with Crippen molar-refractivity contribution in [2.75, 3.05) is 19.9 Å². The lowest BCUT2D eigenvalue weighted by Gasteiger charge is -2.15. The van der Waals surface area contributed by atoms with Crippen LogP contribution in [0, 0.1) is 5.92 Å². The SMILES string of the molecule is CC(O)C1CCN(C(=O)/C=C/c2ccc3c(c2)OCO3)C1. The van der Waals surface area contributed by atoms with E-state index in [1.807, 2.05) is 18.2 Å². The minimum Gasteiger partial charge on any atom is -0.454 e. The highest BCUT2D eigenvalue weighted by Crippen LogP contribution is 2.32. The molecule has 1 aromatic rings. The zero-order chi connectivity index (χ0) is 14.8. The van der Waals surface area contributed by atoms with E-state index in [9.17, 15) is 9.90 Å². The Morgan fingerprint density at radius 3 is 3.00 bits per heavy atom. The zero-order valence-electron chi connectivity index (χ0n) is 12.0. The maximum atomic E-state index is 12.1. The van der Waals surface area contributed by atoms with Crippen LogP contribution in [0.4, 0.5) is 0 Å². The van der Waals surface area contributed by atoms with Gasteiger partial charge in [0.15, 0.2) is 11.5 Å². The van der Waals surface area contributed by atoms with Gasteiger partial charge < -0.3 is 19.5 Å². The molecule has 21 heavy (non-hydrogen) atoms. The summed E-state index contributed by atoms with van der Waals surface area (Å²) in [6, 6.07) is 5.58. The van der Waals surface area contributed by atoms with E-state index in [1.54, 1.807) is 24.0 Å². The van der Waals surface area contributed by atoms with Crippen molar-refractivity contribution < 1.29 is 19.4 Å². The van der Waals surface area contributed by atoms with Gasteiger partial charge in [-0.25, -0.2) is 0 Å². The van der Waals surface area contributed by atoms with E-state index in [0.29, 0.717) is 18.8 Å². The molecule has 2 aliphatic rings. The van der Waals surface area contributed by atoms with Crippen molar-refractivity contribution in [3.63, 3.8) is 0 Å². The Labute approximate surface area is 123 Å². The number of hydrogen-bond donors (Lipinski definition) is 1. The topological polar surface area (TPSA) is 59.0 Å². The average Bonchev–Trinajstić information content (AvgIpc) is 3.12. The van der Waals surface area contributed by atoms with Gasteiger partial charge in [0.1, 0.15) is 0 Å². The molecule has 0 saturated carbocycles. The number of nitrogens with zero attached hydrogens (tertiary/aromatic N) is 1. The van der Waals surface area contributed by atoms with Crippen molar-refractivity contribution in [3.8, 4) is 11.5 Å². The van der Waals surface area contributed by atoms with Crippen molar-refractivity contribution in [3.05, 3.63) is 29.8 Å². The smallest absolute Gasteiger partial charge is 0.246 e. The molecule has 0 aromatic heterocycles. The first-order chi connectivity index (χ1) is 10.1. The second kappa shape index (κ2) is 5.77. The van der Waals surface area contributed by atoms with Crippen LogP contribution in [0.15, 0.2) is 24.3 Å². The van der Waals surface area contributed by atoms with Gasteiger partial charge in [-0.15, -0.1) is 0 Å². The predicted octanol–water partition coefficient (Wildman–Crippen LogP) is 1.66. The lowest BCUT2D eigenvalue weighted by Crippen LogP contribution is -2.28. The Hall–Kier alpha value is -2.01. The molecule has 0 aliphatic carbocycles. The fraction of sp³-hybridized carbons (Fsp3) is 0.438. The number of benzene rings is 1. The molecule has 5 heteroatoms. The van der Waals surface area contributed by atoms with Gasteiger partial charge in [-0.05, 0) is 37.1 Å². The van der Waals surface area contributed by atoms with Crippen LogP contribution in [0.25, 0.3) is 6.08 Å². The lowest BCUT2D eigenvalue weighted by atomic mass is 10.0. The Bertz CT molecular complexity index is 567. The maximum Gasteiger partial charge on any atom is 0.246 e. The number of carbonyl (C=O) groups is 1. The highest BCUT2D eigenvalue weighted by Gasteiger charge is 2.27. The molecule has 1 aromatic carbocycles. The van der Waals surface area contributed by atoms with E-state index in [-0.39, 0.29) is 24.7 Å². The number of carbonyl (C=O) groups excluding carboxylic acids is 1. The third-order valence-electron chi connectivity index (χ3n) is 4.03. The first-order valence-corrected chi connectivity index (χ1v) is 7.18. The Balaban J connectivity index is 1.62. The van der Waals surface area contributed by atoms with E-state index in [4.69, 9.17) is 9.47 Å². The molecule has 112 valence electrons. The fourth-order valence-corrected chi connectivity index (χ4v) is 2.67. The van der Waals surface area contributed by atoms with Crippen LogP contribution in [-0.2, 0) is 4.79 Å². The van der Waals surface area contributed by atoms with Gasteiger partial charge in [-0.2, -0.15) is 0 Å². The fourth-order valence-electron chi connectivity index (χ4n) is 2.67. The largest absolute Gasteiger partial charge is 0.454 e. The molecule has 0 bridgehead atoms. The van der Waals surface area contributed by atoms with Crippen LogP contribution in [0.2, 0.25) is 0 Å². The second-order valence-corrected chi connectivity index (χ2v) is 5.52. The van der Waals surface area contributed by atoms with Gasteiger partial charge >= 0.3 is 0 Å². The van der Waals surface area contributed by atoms with Gasteiger partial charge in [0.05, 0.1) is 6.10 Å². The van der Waals surface area contributed by atoms with Crippen molar-refractivity contribution in [2.45, 2.75) is 19.4 Å². The van der Waals surface area contributed by atoms with Crippen molar-refractivity contribution in [1.82, 2.24) is 4.90 Å². The molecular weight excluding hydrogens is 270 g/mol. The summed E-state index contributed by atoms with van der Waals surface area (Å²) in [5, 5.41) is 9.57. The molecule has 2 atom stereocenters. The second-order valence-electron chi connectivity index (χ2n) is 5.52. The van der Waals surface area contributed by atoms with Gasteiger partial charge in [-0.3, -0.25) is 4.79 Å². The summed E-state index contributed by atoms with van der Waals surface area (Å²) < 4.78 is 10.6. The summed E-state index contributed by atoms with van der Waals surface area (Å²) in [7, 11) is 0. The van der Waals surface area contributed by atoms with E-state index >= 15 is 0 Å². The molecule has 1 fully saturated rings. The number of amides is 1. The number of ether oxygens (including phenoxy) is 2. The highest BCUT2D eigenvalue weighted by molar-refractivity contribution is 5.92. The highest BCUT2D eigenvalue weighted by atomic mass is 16.7. The molecule has 3 rings (SSSR count). The minimum absolute atomic E-state index is 0.0178. The van der Waals surface area contributed by atoms with Crippen molar-refractivity contribution in [2.24, 2.45) is 5.92 Å². The summed E-state index contributed by atoms with van der Waals surface area (Å²) in [5.74, 6) is 1.61. The predicted molar refractivity (Wildman–Crippen MR) is 78.0 cm³/mol. The molecule has 5 nitrogen and oxygen atoms in total. The lowest BCUT2D eigenvalue weighted by molar-refractivity contribution is -0.125. The van der Waals surface area contributed by atoms with Crippen LogP contribution in [0.3, 0.4) is 0 Å². The Morgan fingerprint density at radius 1 is 1.43 bits per heavy atom. The molecule has 2 heterocycles. The first-order valence-electron chi connectivity index (χ1n) is 7.18. The average molecular weight is 289 g/mol. The number of rotatable bonds is 3. The monoisotopic (exact) mass is 289 g/mol. The summed E-state index contributed by atoms with van der Waals surface area (Å²) in [4.78, 5) is 13.9. The number of likely N-dealkylation sites (tertiary alicyclic amines) is 1. The van der Waals surface area contributed by atoms with Crippen LogP contribution in [0.1, 0.15) is 18.9 Å². The van der Waals surface area contributed by atoms with Crippen LogP contribution in [0.5, 0.6) is 11.5 Å². The van der Waals surface area contributed by atoms with Crippen molar-refractivity contribution >= 4 is 12.0 Å². The van der Waals surface area contributed by atoms with Gasteiger partial charge in [-0.1, -0.05) is 6.07 Å². The van der Waals surface area contributed by atoms with Crippen LogP contribution < -0.4 is 9.47 Å². The standard InChI is InChI=1S/C16H19NO4/c1-11(18)13-6-7-17(9-13)16(19)5-3-12-2-4-14-15(8-12)21-10-20-14/h2-5,8,11,13,18H,6-7,9-10H2,1H3/b5-3+. The Morgan fingerprint density at radius 2 is 2.24 bits per heavy atom. The third-order valence-corrected chi connectivity index (χ3v) is 4.03. The summed E-state index contributed by atoms with van der Waals surface area (Å²) >= 11 is 0. The normalized spacial score (nSPS) is 22.0. The van der Waals surface area contributed by atoms with Gasteiger partial charge in [0, 0.05) is 25.1 Å². The third kappa shape index (κ3) is 3.03. The van der Waals surface area contributed by atoms with Gasteiger partial charge in [0.2, 0.25) is 12.7 Å². The van der Waals surface area contributed by atoms with E-state index in [2.05, 4.69) is 0 Å². The summed E-state index contributed by atoms with van der Waals surface area (Å²) in [5.41, 5.74) is 0.902. The van der Waals surface area contributed by atoms with Crippen LogP contribution in [-0.4, -0.2) is 41.9 Å². The van der Waals surface area contributed by atoms with E-state index < -0.39 is 0 Å². The first kappa shape index (κ1) is 13.9. The molecule has 2 aliphatic heterocycles. The number of aliphatic hydroxyl groups is 1. The number of hydrogen-bond acceptors (Lipinski definition) is 4. The summed E-state index contributed by atoms with van der Waals surface area (Å²) in [6.45, 7) is 3.36. The minimum atomic E-state index is -0.361. The van der Waals surface area contributed by atoms with E-state index in [0.717, 1.165) is 17.7 Å². The maximum absolute atomic E-state index is 12.1. The van der Waals surface area contributed by atoms with Crippen LogP contribution >= 0.6 is 0 Å². The molecule has 0 spiro atoms. The number of aliphatic hydroxyl groups excluding tert-OH is 1. The number of fused-ring (bicyclic) bond motifs is 1. The quantitative estimate of drug-likeness (QED) is 0.860. The van der Waals surface area contributed by atoms with Crippen molar-refractivity contribution in [1.29, 1.82) is 0 Å². The molecule has 0 radical (unpaired) electrons. The zero-order valence-corrected chi connectivity index (χ0v) is 12.0. The summed E-state index contributed by atoms with van der Waals surface area (Å²) in [6.07, 6.45) is 3.85. The molecule has 2 unspecified atom stereocenters. The van der Waals surface area contributed by atoms with Gasteiger partial charge in [0.25, 0.3) is 0 Å². The van der Waals surface area contributed by atoms with E-state index in [1.165, 1.54) is 0 Å². The molecule has 1 amide bonds. The molecule has 1 saturated heterocycles. The molecule has 1 N–H and O–H groups in total.